The smallest absolute Gasteiger partial charge is 0.254 e. The van der Waals surface area contributed by atoms with Gasteiger partial charge < -0.3 is 10.0 Å². The van der Waals surface area contributed by atoms with Crippen molar-refractivity contribution in [3.8, 4) is 0 Å². The van der Waals surface area contributed by atoms with Gasteiger partial charge in [-0.25, -0.2) is 4.39 Å². The molecule has 0 spiro atoms. The Morgan fingerprint density at radius 2 is 2.11 bits per heavy atom. The number of hydrogen-bond acceptors (Lipinski definition) is 2. The van der Waals surface area contributed by atoms with Gasteiger partial charge in [-0.15, -0.1) is 0 Å². The molecule has 0 saturated heterocycles. The molecule has 1 aromatic rings. The van der Waals surface area contributed by atoms with Crippen molar-refractivity contribution < 1.29 is 14.3 Å². The van der Waals surface area contributed by atoms with Crippen LogP contribution in [-0.4, -0.2) is 36.1 Å². The lowest BCUT2D eigenvalue weighted by Crippen LogP contribution is -2.28. The minimum Gasteiger partial charge on any atom is -0.396 e. The number of carbonyl (C=O) groups is 1. The number of aliphatic hydroxyl groups is 1. The van der Waals surface area contributed by atoms with Gasteiger partial charge in [0.15, 0.2) is 0 Å². The second-order valence-electron chi connectivity index (χ2n) is 4.14. The number of unbranched alkanes of at least 4 members (excludes halogenated alkanes) is 2. The van der Waals surface area contributed by atoms with Crippen LogP contribution in [0.4, 0.5) is 4.39 Å². The number of rotatable bonds is 6. The lowest BCUT2D eigenvalue weighted by atomic mass is 10.2. The van der Waals surface area contributed by atoms with Gasteiger partial charge in [-0.2, -0.15) is 0 Å². The van der Waals surface area contributed by atoms with Crippen molar-refractivity contribution >= 4 is 21.8 Å². The van der Waals surface area contributed by atoms with Crippen LogP contribution in [-0.2, 0) is 0 Å². The molecule has 1 amide bonds. The first-order chi connectivity index (χ1) is 8.56. The first-order valence-electron chi connectivity index (χ1n) is 5.87. The third kappa shape index (κ3) is 4.38. The van der Waals surface area contributed by atoms with E-state index in [1.165, 1.54) is 18.2 Å². The molecule has 0 aliphatic rings. The highest BCUT2D eigenvalue weighted by Crippen LogP contribution is 2.19. The maximum atomic E-state index is 12.9. The van der Waals surface area contributed by atoms with Gasteiger partial charge >= 0.3 is 0 Å². The van der Waals surface area contributed by atoms with Crippen molar-refractivity contribution in [2.24, 2.45) is 0 Å². The third-order valence-corrected chi connectivity index (χ3v) is 3.32. The normalized spacial score (nSPS) is 10.4. The molecule has 0 aliphatic heterocycles. The lowest BCUT2D eigenvalue weighted by Gasteiger charge is -2.17. The Balaban J connectivity index is 2.57. The van der Waals surface area contributed by atoms with Crippen molar-refractivity contribution in [2.45, 2.75) is 19.3 Å². The van der Waals surface area contributed by atoms with Crippen LogP contribution in [0.25, 0.3) is 0 Å². The Hall–Kier alpha value is -0.940. The Kier molecular flexibility index (Phi) is 6.29. The SMILES string of the molecule is CN(CCCCCO)C(=O)c1ccc(F)cc1Br. The molecule has 18 heavy (non-hydrogen) atoms. The molecule has 1 aromatic carbocycles. The summed E-state index contributed by atoms with van der Waals surface area (Å²) in [6.45, 7) is 0.809. The summed E-state index contributed by atoms with van der Waals surface area (Å²) < 4.78 is 13.4. The number of benzene rings is 1. The Morgan fingerprint density at radius 1 is 1.39 bits per heavy atom. The fraction of sp³-hybridized carbons (Fsp3) is 0.462. The number of hydrogen-bond donors (Lipinski definition) is 1. The van der Waals surface area contributed by atoms with Gasteiger partial charge in [0.1, 0.15) is 5.82 Å². The predicted octanol–water partition coefficient (Wildman–Crippen LogP) is 2.82. The molecule has 0 heterocycles. The highest BCUT2D eigenvalue weighted by atomic mass is 79.9. The Labute approximate surface area is 115 Å². The first kappa shape index (κ1) is 15.1. The Morgan fingerprint density at radius 3 is 2.72 bits per heavy atom. The van der Waals surface area contributed by atoms with Crippen LogP contribution in [0.3, 0.4) is 0 Å². The summed E-state index contributed by atoms with van der Waals surface area (Å²) in [5.74, 6) is -0.505. The summed E-state index contributed by atoms with van der Waals surface area (Å²) in [5, 5.41) is 8.66. The number of halogens is 2. The highest BCUT2D eigenvalue weighted by Gasteiger charge is 2.14. The zero-order valence-electron chi connectivity index (χ0n) is 10.3. The van der Waals surface area contributed by atoms with Crippen molar-refractivity contribution in [3.05, 3.63) is 34.1 Å². The van der Waals surface area contributed by atoms with Crippen molar-refractivity contribution in [1.29, 1.82) is 0 Å². The van der Waals surface area contributed by atoms with E-state index in [2.05, 4.69) is 15.9 Å². The zero-order valence-corrected chi connectivity index (χ0v) is 11.9. The number of amides is 1. The fourth-order valence-electron chi connectivity index (χ4n) is 1.61. The van der Waals surface area contributed by atoms with E-state index in [1.54, 1.807) is 11.9 Å². The molecule has 5 heteroatoms. The number of nitrogens with zero attached hydrogens (tertiary/aromatic N) is 1. The van der Waals surface area contributed by atoms with Gasteiger partial charge in [-0.3, -0.25) is 4.79 Å². The molecule has 0 aromatic heterocycles. The van der Waals surface area contributed by atoms with Crippen LogP contribution in [0.2, 0.25) is 0 Å². The summed E-state index contributed by atoms with van der Waals surface area (Å²) in [5.41, 5.74) is 0.459. The monoisotopic (exact) mass is 317 g/mol. The quantitative estimate of drug-likeness (QED) is 0.820. The van der Waals surface area contributed by atoms with E-state index in [0.717, 1.165) is 19.3 Å². The predicted molar refractivity (Wildman–Crippen MR) is 72.0 cm³/mol. The second kappa shape index (κ2) is 7.48. The van der Waals surface area contributed by atoms with Gasteiger partial charge in [0.25, 0.3) is 5.91 Å². The number of aliphatic hydroxyl groups excluding tert-OH is 1. The topological polar surface area (TPSA) is 40.5 Å². The highest BCUT2D eigenvalue weighted by molar-refractivity contribution is 9.10. The maximum Gasteiger partial charge on any atom is 0.254 e. The van der Waals surface area contributed by atoms with Crippen LogP contribution in [0.15, 0.2) is 22.7 Å². The van der Waals surface area contributed by atoms with E-state index in [9.17, 15) is 9.18 Å². The van der Waals surface area contributed by atoms with Gasteiger partial charge in [0, 0.05) is 24.7 Å². The standard InChI is InChI=1S/C13H17BrFNO2/c1-16(7-3-2-4-8-17)13(18)11-6-5-10(15)9-12(11)14/h5-6,9,17H,2-4,7-8H2,1H3. The summed E-state index contributed by atoms with van der Waals surface area (Å²) >= 11 is 3.19. The molecular weight excluding hydrogens is 301 g/mol. The summed E-state index contributed by atoms with van der Waals surface area (Å²) in [4.78, 5) is 13.7. The molecule has 0 radical (unpaired) electrons. The van der Waals surface area contributed by atoms with Gasteiger partial charge in [-0.1, -0.05) is 0 Å². The molecule has 0 atom stereocenters. The molecule has 1 N–H and O–H groups in total. The molecule has 0 aliphatic carbocycles. The lowest BCUT2D eigenvalue weighted by molar-refractivity contribution is 0.0791. The fourth-order valence-corrected chi connectivity index (χ4v) is 2.13. The maximum absolute atomic E-state index is 12.9. The molecule has 0 bridgehead atoms. The van der Waals surface area contributed by atoms with Crippen molar-refractivity contribution in [1.82, 2.24) is 4.90 Å². The van der Waals surface area contributed by atoms with Crippen LogP contribution in [0, 0.1) is 5.82 Å². The molecule has 0 unspecified atom stereocenters. The molecule has 100 valence electrons. The summed E-state index contributed by atoms with van der Waals surface area (Å²) in [7, 11) is 1.72. The number of carbonyl (C=O) groups excluding carboxylic acids is 1. The third-order valence-electron chi connectivity index (χ3n) is 2.66. The summed E-state index contributed by atoms with van der Waals surface area (Å²) in [6.07, 6.45) is 2.49. The first-order valence-corrected chi connectivity index (χ1v) is 6.67. The molecule has 1 rings (SSSR count). The van der Waals surface area contributed by atoms with E-state index in [4.69, 9.17) is 5.11 Å². The summed E-state index contributed by atoms with van der Waals surface area (Å²) in [6, 6.07) is 4.04. The van der Waals surface area contributed by atoms with Crippen molar-refractivity contribution in [3.63, 3.8) is 0 Å². The molecular formula is C13H17BrFNO2. The average molecular weight is 318 g/mol. The van der Waals surface area contributed by atoms with Crippen LogP contribution in [0.5, 0.6) is 0 Å². The molecule has 3 nitrogen and oxygen atoms in total. The minimum absolute atomic E-state index is 0.133. The van der Waals surface area contributed by atoms with Crippen molar-refractivity contribution in [2.75, 3.05) is 20.2 Å². The molecule has 0 saturated carbocycles. The van der Waals surface area contributed by atoms with E-state index >= 15 is 0 Å². The second-order valence-corrected chi connectivity index (χ2v) is 4.99. The largest absolute Gasteiger partial charge is 0.396 e. The van der Waals surface area contributed by atoms with Crippen LogP contribution >= 0.6 is 15.9 Å². The van der Waals surface area contributed by atoms with Crippen LogP contribution in [0.1, 0.15) is 29.6 Å². The minimum atomic E-state index is -0.371. The van der Waals surface area contributed by atoms with Gasteiger partial charge in [0.05, 0.1) is 5.56 Å². The van der Waals surface area contributed by atoms with E-state index in [1.807, 2.05) is 0 Å². The average Bonchev–Trinajstić information content (AvgIpc) is 2.33. The van der Waals surface area contributed by atoms with E-state index in [-0.39, 0.29) is 18.3 Å². The van der Waals surface area contributed by atoms with Gasteiger partial charge in [0.2, 0.25) is 0 Å². The van der Waals surface area contributed by atoms with Crippen LogP contribution < -0.4 is 0 Å². The zero-order chi connectivity index (χ0) is 13.5. The molecule has 0 fully saturated rings. The van der Waals surface area contributed by atoms with E-state index in [0.29, 0.717) is 16.6 Å². The Bertz CT molecular complexity index is 412. The van der Waals surface area contributed by atoms with Gasteiger partial charge in [-0.05, 0) is 53.4 Å². The van der Waals surface area contributed by atoms with E-state index < -0.39 is 0 Å².